The molecule has 0 aliphatic heterocycles. The molecule has 0 atom stereocenters. The van der Waals surface area contributed by atoms with E-state index in [2.05, 4.69) is 15.9 Å². The van der Waals surface area contributed by atoms with Crippen LogP contribution in [0.25, 0.3) is 0 Å². The van der Waals surface area contributed by atoms with Crippen molar-refractivity contribution >= 4 is 22.2 Å². The number of carbonyl (C=O) groups excluding carboxylic acids is 1. The number of hydrogen-bond acceptors (Lipinski definition) is 1. The lowest BCUT2D eigenvalue weighted by atomic mass is 10.2. The van der Waals surface area contributed by atoms with Gasteiger partial charge in [0.15, 0.2) is 6.29 Å². The second-order valence-electron chi connectivity index (χ2n) is 3.41. The average molecular weight is 282 g/mol. The highest BCUT2D eigenvalue weighted by Crippen LogP contribution is 2.19. The molecule has 82 valence electrons. The van der Waals surface area contributed by atoms with E-state index in [0.717, 1.165) is 11.8 Å². The Hall–Kier alpha value is -1.42. The maximum atomic E-state index is 12.9. The van der Waals surface area contributed by atoms with Crippen LogP contribution in [-0.4, -0.2) is 10.9 Å². The Bertz CT molecular complexity index is 521. The monoisotopic (exact) mass is 281 g/mol. The summed E-state index contributed by atoms with van der Waals surface area (Å²) in [5.41, 5.74) is 1.54. The lowest BCUT2D eigenvalue weighted by Gasteiger charge is -2.07. The molecule has 2 nitrogen and oxygen atoms in total. The highest BCUT2D eigenvalue weighted by atomic mass is 79.9. The third kappa shape index (κ3) is 2.22. The number of aldehydes is 1. The molecule has 0 aliphatic carbocycles. The zero-order chi connectivity index (χ0) is 11.5. The number of hydrogen-bond donors (Lipinski definition) is 0. The van der Waals surface area contributed by atoms with Crippen LogP contribution in [0.15, 0.2) is 41.0 Å². The van der Waals surface area contributed by atoms with Gasteiger partial charge in [0.2, 0.25) is 0 Å². The van der Waals surface area contributed by atoms with Gasteiger partial charge in [-0.1, -0.05) is 22.0 Å². The standard InChI is InChI=1S/C12H9BrFNO/c13-12-6-10(14)4-3-9(12)7-15-5-1-2-11(15)8-16/h1-6,8H,7H2. The molecule has 0 radical (unpaired) electrons. The SMILES string of the molecule is O=Cc1cccn1Cc1ccc(F)cc1Br. The summed E-state index contributed by atoms with van der Waals surface area (Å²) in [4.78, 5) is 10.7. The summed E-state index contributed by atoms with van der Waals surface area (Å²) in [5.74, 6) is -0.279. The molecule has 0 bridgehead atoms. The van der Waals surface area contributed by atoms with Crippen molar-refractivity contribution in [3.8, 4) is 0 Å². The first-order chi connectivity index (χ1) is 7.70. The molecule has 0 unspecified atom stereocenters. The van der Waals surface area contributed by atoms with E-state index in [9.17, 15) is 9.18 Å². The topological polar surface area (TPSA) is 22.0 Å². The van der Waals surface area contributed by atoms with Crippen molar-refractivity contribution in [1.82, 2.24) is 4.57 Å². The molecular formula is C12H9BrFNO. The highest BCUT2D eigenvalue weighted by Gasteiger charge is 2.04. The van der Waals surface area contributed by atoms with E-state index in [0.29, 0.717) is 16.7 Å². The van der Waals surface area contributed by atoms with Gasteiger partial charge in [0.05, 0.1) is 5.69 Å². The first-order valence-corrected chi connectivity index (χ1v) is 5.54. The van der Waals surface area contributed by atoms with Crippen LogP contribution in [0.1, 0.15) is 16.1 Å². The van der Waals surface area contributed by atoms with E-state index in [1.807, 2.05) is 10.8 Å². The van der Waals surface area contributed by atoms with Crippen LogP contribution in [0.2, 0.25) is 0 Å². The normalized spacial score (nSPS) is 10.4. The summed E-state index contributed by atoms with van der Waals surface area (Å²) in [7, 11) is 0. The van der Waals surface area contributed by atoms with Gasteiger partial charge in [0, 0.05) is 17.2 Å². The summed E-state index contributed by atoms with van der Waals surface area (Å²) in [6, 6.07) is 8.07. The molecule has 1 aromatic heterocycles. The minimum absolute atomic E-state index is 0.279. The van der Waals surface area contributed by atoms with Crippen LogP contribution in [0, 0.1) is 5.82 Å². The summed E-state index contributed by atoms with van der Waals surface area (Å²) in [6.45, 7) is 0.544. The molecule has 0 fully saturated rings. The van der Waals surface area contributed by atoms with Crippen LogP contribution in [0.4, 0.5) is 4.39 Å². The van der Waals surface area contributed by atoms with Crippen molar-refractivity contribution in [1.29, 1.82) is 0 Å². The van der Waals surface area contributed by atoms with Crippen LogP contribution in [-0.2, 0) is 6.54 Å². The Kier molecular flexibility index (Phi) is 3.19. The summed E-state index contributed by atoms with van der Waals surface area (Å²) >= 11 is 3.30. The number of rotatable bonds is 3. The molecule has 1 aromatic carbocycles. The van der Waals surface area contributed by atoms with E-state index in [1.54, 1.807) is 18.2 Å². The molecule has 0 saturated heterocycles. The second-order valence-corrected chi connectivity index (χ2v) is 4.27. The van der Waals surface area contributed by atoms with Crippen LogP contribution >= 0.6 is 15.9 Å². The van der Waals surface area contributed by atoms with E-state index in [1.165, 1.54) is 12.1 Å². The average Bonchev–Trinajstić information content (AvgIpc) is 2.69. The molecule has 0 spiro atoms. The third-order valence-corrected chi connectivity index (χ3v) is 3.08. The maximum absolute atomic E-state index is 12.9. The molecule has 16 heavy (non-hydrogen) atoms. The molecular weight excluding hydrogens is 273 g/mol. The fraction of sp³-hybridized carbons (Fsp3) is 0.0833. The van der Waals surface area contributed by atoms with Gasteiger partial charge in [0.25, 0.3) is 0 Å². The Morgan fingerprint density at radius 2 is 2.19 bits per heavy atom. The predicted molar refractivity (Wildman–Crippen MR) is 63.0 cm³/mol. The van der Waals surface area contributed by atoms with Gasteiger partial charge in [-0.05, 0) is 29.8 Å². The van der Waals surface area contributed by atoms with E-state index in [4.69, 9.17) is 0 Å². The quantitative estimate of drug-likeness (QED) is 0.792. The van der Waals surface area contributed by atoms with Gasteiger partial charge in [-0.2, -0.15) is 0 Å². The van der Waals surface area contributed by atoms with E-state index >= 15 is 0 Å². The van der Waals surface area contributed by atoms with Crippen molar-refractivity contribution in [2.24, 2.45) is 0 Å². The smallest absolute Gasteiger partial charge is 0.166 e. The Morgan fingerprint density at radius 1 is 1.38 bits per heavy atom. The first-order valence-electron chi connectivity index (χ1n) is 4.75. The van der Waals surface area contributed by atoms with Crippen molar-refractivity contribution < 1.29 is 9.18 Å². The molecule has 2 aromatic rings. The fourth-order valence-corrected chi connectivity index (χ4v) is 1.99. The van der Waals surface area contributed by atoms with Gasteiger partial charge in [-0.15, -0.1) is 0 Å². The minimum Gasteiger partial charge on any atom is -0.341 e. The molecule has 0 N–H and O–H groups in total. The largest absolute Gasteiger partial charge is 0.341 e. The zero-order valence-electron chi connectivity index (χ0n) is 8.36. The maximum Gasteiger partial charge on any atom is 0.166 e. The van der Waals surface area contributed by atoms with Crippen molar-refractivity contribution in [2.45, 2.75) is 6.54 Å². The Balaban J connectivity index is 2.30. The minimum atomic E-state index is -0.279. The van der Waals surface area contributed by atoms with E-state index < -0.39 is 0 Å². The van der Waals surface area contributed by atoms with Crippen molar-refractivity contribution in [3.63, 3.8) is 0 Å². The van der Waals surface area contributed by atoms with Gasteiger partial charge >= 0.3 is 0 Å². The van der Waals surface area contributed by atoms with E-state index in [-0.39, 0.29) is 5.82 Å². The van der Waals surface area contributed by atoms with Gasteiger partial charge < -0.3 is 4.57 Å². The van der Waals surface area contributed by atoms with Crippen LogP contribution in [0.3, 0.4) is 0 Å². The third-order valence-electron chi connectivity index (χ3n) is 2.34. The summed E-state index contributed by atoms with van der Waals surface area (Å²) in [5, 5.41) is 0. The molecule has 2 rings (SSSR count). The van der Waals surface area contributed by atoms with Gasteiger partial charge in [-0.3, -0.25) is 4.79 Å². The Labute approximate surface area is 101 Å². The van der Waals surface area contributed by atoms with Crippen molar-refractivity contribution in [2.75, 3.05) is 0 Å². The Morgan fingerprint density at radius 3 is 2.88 bits per heavy atom. The summed E-state index contributed by atoms with van der Waals surface area (Å²) < 4.78 is 15.4. The highest BCUT2D eigenvalue weighted by molar-refractivity contribution is 9.10. The number of halogens is 2. The summed E-state index contributed by atoms with van der Waals surface area (Å²) in [6.07, 6.45) is 2.62. The molecule has 0 aliphatic rings. The number of benzene rings is 1. The molecule has 4 heteroatoms. The van der Waals surface area contributed by atoms with Gasteiger partial charge in [-0.25, -0.2) is 4.39 Å². The lowest BCUT2D eigenvalue weighted by Crippen LogP contribution is -2.03. The van der Waals surface area contributed by atoms with Crippen molar-refractivity contribution in [3.05, 3.63) is 58.1 Å². The molecule has 0 saturated carbocycles. The lowest BCUT2D eigenvalue weighted by molar-refractivity contribution is 0.111. The number of aromatic nitrogens is 1. The van der Waals surface area contributed by atoms with Gasteiger partial charge in [0.1, 0.15) is 5.82 Å². The second kappa shape index (κ2) is 4.61. The van der Waals surface area contributed by atoms with Crippen LogP contribution < -0.4 is 0 Å². The number of nitrogens with zero attached hydrogens (tertiary/aromatic N) is 1. The zero-order valence-corrected chi connectivity index (χ0v) is 9.95. The molecule has 1 heterocycles. The number of carbonyl (C=O) groups is 1. The first kappa shape index (κ1) is 11.1. The fourth-order valence-electron chi connectivity index (χ4n) is 1.51. The van der Waals surface area contributed by atoms with Crippen LogP contribution in [0.5, 0.6) is 0 Å². The predicted octanol–water partition coefficient (Wildman–Crippen LogP) is 3.25. The molecule has 0 amide bonds.